The zero-order valence-electron chi connectivity index (χ0n) is 16.7. The first kappa shape index (κ1) is 18.4. The second kappa shape index (κ2) is 7.58. The zero-order valence-corrected chi connectivity index (χ0v) is 16.7. The quantitative estimate of drug-likeness (QED) is 0.738. The minimum Gasteiger partial charge on any atom is -0.357 e. The van der Waals surface area contributed by atoms with Crippen LogP contribution in [0.2, 0.25) is 0 Å². The summed E-state index contributed by atoms with van der Waals surface area (Å²) >= 11 is 0. The summed E-state index contributed by atoms with van der Waals surface area (Å²) in [5.41, 5.74) is 5.60. The normalized spacial score (nSPS) is 14.0. The number of nitrogens with one attached hydrogen (secondary N) is 1. The van der Waals surface area contributed by atoms with Crippen LogP contribution in [0.4, 0.5) is 11.5 Å². The molecule has 1 N–H and O–H groups in total. The highest BCUT2D eigenvalue weighted by Gasteiger charge is 2.15. The Bertz CT molecular complexity index is 1000. The largest absolute Gasteiger partial charge is 0.357 e. The van der Waals surface area contributed by atoms with Gasteiger partial charge in [-0.25, -0.2) is 14.5 Å². The molecule has 28 heavy (non-hydrogen) atoms. The summed E-state index contributed by atoms with van der Waals surface area (Å²) in [7, 11) is 0. The highest BCUT2D eigenvalue weighted by atomic mass is 16.1. The van der Waals surface area contributed by atoms with Crippen LogP contribution in [-0.2, 0) is 11.2 Å². The lowest BCUT2D eigenvalue weighted by atomic mass is 10.1. The number of amides is 1. The van der Waals surface area contributed by atoms with Crippen molar-refractivity contribution in [2.45, 2.75) is 46.5 Å². The van der Waals surface area contributed by atoms with Gasteiger partial charge in [0.15, 0.2) is 5.65 Å². The first-order chi connectivity index (χ1) is 13.5. The zero-order chi connectivity index (χ0) is 19.7. The summed E-state index contributed by atoms with van der Waals surface area (Å²) in [5.74, 6) is 0.960. The molecule has 146 valence electrons. The third-order valence-corrected chi connectivity index (χ3v) is 5.35. The molecule has 0 aromatic carbocycles. The van der Waals surface area contributed by atoms with Crippen molar-refractivity contribution >= 4 is 23.1 Å². The topological polar surface area (TPSA) is 75.4 Å². The third-order valence-electron chi connectivity index (χ3n) is 5.35. The molecule has 1 aliphatic heterocycles. The number of fused-ring (bicyclic) bond motifs is 1. The summed E-state index contributed by atoms with van der Waals surface area (Å²) in [6, 6.07) is 5.87. The molecule has 7 nitrogen and oxygen atoms in total. The molecule has 4 heterocycles. The molecule has 1 aliphatic rings. The van der Waals surface area contributed by atoms with E-state index < -0.39 is 0 Å². The average Bonchev–Trinajstić information content (AvgIpc) is 3.32. The predicted molar refractivity (Wildman–Crippen MR) is 110 cm³/mol. The first-order valence-electron chi connectivity index (χ1n) is 9.84. The Morgan fingerprint density at radius 3 is 2.68 bits per heavy atom. The lowest BCUT2D eigenvalue weighted by Gasteiger charge is -2.16. The number of carbonyl (C=O) groups is 1. The average molecular weight is 378 g/mol. The fourth-order valence-corrected chi connectivity index (χ4v) is 3.86. The molecule has 3 aromatic rings. The molecule has 0 saturated carbocycles. The Labute approximate surface area is 164 Å². The molecule has 0 radical (unpaired) electrons. The number of pyridine rings is 1. The molecule has 0 aliphatic carbocycles. The van der Waals surface area contributed by atoms with Gasteiger partial charge in [-0.05, 0) is 57.7 Å². The lowest BCUT2D eigenvalue weighted by Crippen LogP contribution is -2.19. The van der Waals surface area contributed by atoms with Crippen molar-refractivity contribution in [3.8, 4) is 0 Å². The van der Waals surface area contributed by atoms with E-state index in [1.807, 2.05) is 43.5 Å². The Balaban J connectivity index is 1.40. The van der Waals surface area contributed by atoms with E-state index in [1.54, 1.807) is 6.20 Å². The van der Waals surface area contributed by atoms with E-state index in [2.05, 4.69) is 25.3 Å². The van der Waals surface area contributed by atoms with Gasteiger partial charge in [0.25, 0.3) is 0 Å². The Hall–Kier alpha value is -2.96. The van der Waals surface area contributed by atoms with Crippen LogP contribution in [0.15, 0.2) is 24.4 Å². The van der Waals surface area contributed by atoms with Gasteiger partial charge in [-0.15, -0.1) is 0 Å². The molecule has 1 fully saturated rings. The number of anilines is 2. The van der Waals surface area contributed by atoms with Crippen molar-refractivity contribution in [3.63, 3.8) is 0 Å². The number of carbonyl (C=O) groups excluding carboxylic acids is 1. The van der Waals surface area contributed by atoms with Gasteiger partial charge in [-0.1, -0.05) is 0 Å². The number of nitrogens with zero attached hydrogens (tertiary/aromatic N) is 5. The standard InChI is InChI=1S/C21H26N6O/c1-14-12-20-23-15(2)18(16(3)27(20)25-14)7-9-21(28)24-17-6-8-19(22-13-17)26-10-4-5-11-26/h6,8,12-13H,4-5,7,9-11H2,1-3H3,(H,24,28). The fraction of sp³-hybridized carbons (Fsp3) is 0.429. The molecule has 0 unspecified atom stereocenters. The molecule has 0 spiro atoms. The van der Waals surface area contributed by atoms with E-state index in [0.29, 0.717) is 12.8 Å². The number of rotatable bonds is 5. The maximum atomic E-state index is 12.4. The van der Waals surface area contributed by atoms with E-state index in [-0.39, 0.29) is 5.91 Å². The number of aromatic nitrogens is 4. The molecule has 3 aromatic heterocycles. The molecular weight excluding hydrogens is 352 g/mol. The fourth-order valence-electron chi connectivity index (χ4n) is 3.86. The van der Waals surface area contributed by atoms with Crippen molar-refractivity contribution in [1.29, 1.82) is 0 Å². The second-order valence-corrected chi connectivity index (χ2v) is 7.46. The van der Waals surface area contributed by atoms with Gasteiger partial charge >= 0.3 is 0 Å². The summed E-state index contributed by atoms with van der Waals surface area (Å²) in [6.45, 7) is 8.10. The molecular formula is C21H26N6O. The van der Waals surface area contributed by atoms with Crippen molar-refractivity contribution in [2.75, 3.05) is 23.3 Å². The molecule has 0 bridgehead atoms. The third kappa shape index (κ3) is 3.69. The minimum absolute atomic E-state index is 0.0220. The van der Waals surface area contributed by atoms with Gasteiger partial charge in [0.1, 0.15) is 5.82 Å². The van der Waals surface area contributed by atoms with Gasteiger partial charge in [0, 0.05) is 37.0 Å². The van der Waals surface area contributed by atoms with Crippen molar-refractivity contribution < 1.29 is 4.79 Å². The highest BCUT2D eigenvalue weighted by Crippen LogP contribution is 2.20. The van der Waals surface area contributed by atoms with Crippen LogP contribution in [0.5, 0.6) is 0 Å². The highest BCUT2D eigenvalue weighted by molar-refractivity contribution is 5.90. The van der Waals surface area contributed by atoms with Crippen LogP contribution in [0, 0.1) is 20.8 Å². The van der Waals surface area contributed by atoms with Crippen LogP contribution < -0.4 is 10.2 Å². The second-order valence-electron chi connectivity index (χ2n) is 7.46. The molecule has 1 saturated heterocycles. The van der Waals surface area contributed by atoms with E-state index in [0.717, 1.165) is 52.9 Å². The van der Waals surface area contributed by atoms with Crippen molar-refractivity contribution in [3.05, 3.63) is 47.0 Å². The monoisotopic (exact) mass is 378 g/mol. The molecule has 1 amide bonds. The van der Waals surface area contributed by atoms with Gasteiger partial charge in [0.2, 0.25) is 5.91 Å². The smallest absolute Gasteiger partial charge is 0.224 e. The molecule has 0 atom stereocenters. The summed E-state index contributed by atoms with van der Waals surface area (Å²) < 4.78 is 1.86. The number of hydrogen-bond donors (Lipinski definition) is 1. The van der Waals surface area contributed by atoms with E-state index in [9.17, 15) is 4.79 Å². The number of aryl methyl sites for hydroxylation is 3. The van der Waals surface area contributed by atoms with E-state index >= 15 is 0 Å². The maximum Gasteiger partial charge on any atom is 0.224 e. The summed E-state index contributed by atoms with van der Waals surface area (Å²) in [5, 5.41) is 7.44. The first-order valence-corrected chi connectivity index (χ1v) is 9.84. The molecule has 7 heteroatoms. The number of hydrogen-bond acceptors (Lipinski definition) is 5. The van der Waals surface area contributed by atoms with Crippen molar-refractivity contribution in [1.82, 2.24) is 19.6 Å². The van der Waals surface area contributed by atoms with Crippen LogP contribution in [0.25, 0.3) is 5.65 Å². The molecule has 4 rings (SSSR count). The Morgan fingerprint density at radius 1 is 1.18 bits per heavy atom. The van der Waals surface area contributed by atoms with Crippen LogP contribution in [-0.4, -0.2) is 38.6 Å². The van der Waals surface area contributed by atoms with E-state index in [4.69, 9.17) is 0 Å². The minimum atomic E-state index is -0.0220. The van der Waals surface area contributed by atoms with Gasteiger partial charge in [-0.3, -0.25) is 4.79 Å². The summed E-state index contributed by atoms with van der Waals surface area (Å²) in [4.78, 5) is 23.8. The lowest BCUT2D eigenvalue weighted by molar-refractivity contribution is -0.116. The predicted octanol–water partition coefficient (Wildman–Crippen LogP) is 3.22. The van der Waals surface area contributed by atoms with Gasteiger partial charge in [0.05, 0.1) is 17.6 Å². The Morgan fingerprint density at radius 2 is 1.96 bits per heavy atom. The Kier molecular flexibility index (Phi) is 4.98. The van der Waals surface area contributed by atoms with Crippen molar-refractivity contribution in [2.24, 2.45) is 0 Å². The summed E-state index contributed by atoms with van der Waals surface area (Å²) in [6.07, 6.45) is 5.20. The van der Waals surface area contributed by atoms with Gasteiger partial charge < -0.3 is 10.2 Å². The SMILES string of the molecule is Cc1cc2nc(C)c(CCC(=O)Nc3ccc(N4CCCC4)nc3)c(C)n2n1. The van der Waals surface area contributed by atoms with Gasteiger partial charge in [-0.2, -0.15) is 5.10 Å². The maximum absolute atomic E-state index is 12.4. The van der Waals surface area contributed by atoms with Crippen LogP contribution in [0.1, 0.15) is 41.9 Å². The van der Waals surface area contributed by atoms with E-state index in [1.165, 1.54) is 12.8 Å². The van der Waals surface area contributed by atoms with Crippen LogP contribution in [0.3, 0.4) is 0 Å². The van der Waals surface area contributed by atoms with Crippen LogP contribution >= 0.6 is 0 Å².